The van der Waals surface area contributed by atoms with E-state index in [-0.39, 0.29) is 11.4 Å². The van der Waals surface area contributed by atoms with Crippen molar-refractivity contribution in [1.82, 2.24) is 10.5 Å². The normalized spacial score (nSPS) is 17.1. The number of thiophene rings is 1. The Hall–Kier alpha value is -1.27. The van der Waals surface area contributed by atoms with Crippen LogP contribution in [0.1, 0.15) is 44.7 Å². The van der Waals surface area contributed by atoms with Gasteiger partial charge in [-0.2, -0.15) is 0 Å². The van der Waals surface area contributed by atoms with Gasteiger partial charge in [0.05, 0.1) is 16.3 Å². The Morgan fingerprint density at radius 3 is 3.00 bits per heavy atom. The average Bonchev–Trinajstić information content (AvgIpc) is 3.18. The van der Waals surface area contributed by atoms with Gasteiger partial charge in [-0.15, -0.1) is 23.1 Å². The molecule has 0 aliphatic heterocycles. The molecule has 1 saturated carbocycles. The summed E-state index contributed by atoms with van der Waals surface area (Å²) in [7, 11) is 0. The third kappa shape index (κ3) is 4.61. The molecule has 0 aromatic carbocycles. The molecule has 0 radical (unpaired) electrons. The van der Waals surface area contributed by atoms with Gasteiger partial charge in [0.25, 0.3) is 0 Å². The van der Waals surface area contributed by atoms with Crippen molar-refractivity contribution in [1.29, 1.82) is 0 Å². The minimum atomic E-state index is -0.00384. The van der Waals surface area contributed by atoms with Gasteiger partial charge < -0.3 is 9.84 Å². The van der Waals surface area contributed by atoms with Crippen LogP contribution in [0.3, 0.4) is 0 Å². The van der Waals surface area contributed by atoms with E-state index in [1.165, 1.54) is 19.3 Å². The number of aromatic nitrogens is 1. The first-order chi connectivity index (χ1) is 11.1. The molecular formula is C17H22N2O2S2. The van der Waals surface area contributed by atoms with Gasteiger partial charge in [-0.05, 0) is 31.2 Å². The lowest BCUT2D eigenvalue weighted by Gasteiger charge is -2.34. The maximum atomic E-state index is 12.1. The molecule has 1 aliphatic carbocycles. The zero-order chi connectivity index (χ0) is 16.1. The van der Waals surface area contributed by atoms with Crippen molar-refractivity contribution in [2.45, 2.75) is 50.3 Å². The van der Waals surface area contributed by atoms with Gasteiger partial charge >= 0.3 is 0 Å². The number of amides is 1. The predicted octanol–water partition coefficient (Wildman–Crippen LogP) is 4.48. The van der Waals surface area contributed by atoms with Crippen molar-refractivity contribution in [3.63, 3.8) is 0 Å². The summed E-state index contributed by atoms with van der Waals surface area (Å²) in [5.74, 6) is 2.09. The molecule has 0 spiro atoms. The molecule has 1 N–H and O–H groups in total. The van der Waals surface area contributed by atoms with E-state index in [4.69, 9.17) is 4.52 Å². The number of carbonyl (C=O) groups excluding carboxylic acids is 1. The lowest BCUT2D eigenvalue weighted by atomic mass is 9.83. The molecule has 2 aromatic rings. The van der Waals surface area contributed by atoms with Crippen LogP contribution >= 0.6 is 23.1 Å². The SMILES string of the molecule is CC1(NC(=O)CSCc2cc(-c3cccs3)on2)CCCCC1. The topological polar surface area (TPSA) is 55.1 Å². The van der Waals surface area contributed by atoms with Crippen LogP contribution < -0.4 is 5.32 Å². The van der Waals surface area contributed by atoms with Crippen molar-refractivity contribution in [2.24, 2.45) is 0 Å². The third-order valence-corrected chi connectivity index (χ3v) is 6.06. The smallest absolute Gasteiger partial charge is 0.230 e. The molecular weight excluding hydrogens is 328 g/mol. The Kier molecular flexibility index (Phi) is 5.43. The van der Waals surface area contributed by atoms with Crippen molar-refractivity contribution >= 4 is 29.0 Å². The Bertz CT molecular complexity index is 631. The Labute approximate surface area is 145 Å². The molecule has 4 nitrogen and oxygen atoms in total. The number of hydrogen-bond acceptors (Lipinski definition) is 5. The monoisotopic (exact) mass is 350 g/mol. The summed E-state index contributed by atoms with van der Waals surface area (Å²) in [4.78, 5) is 13.2. The highest BCUT2D eigenvalue weighted by atomic mass is 32.2. The summed E-state index contributed by atoms with van der Waals surface area (Å²) in [6.45, 7) is 2.17. The van der Waals surface area contributed by atoms with Gasteiger partial charge in [-0.25, -0.2) is 0 Å². The number of hydrogen-bond donors (Lipinski definition) is 1. The van der Waals surface area contributed by atoms with E-state index in [1.54, 1.807) is 23.1 Å². The average molecular weight is 351 g/mol. The Morgan fingerprint density at radius 1 is 1.43 bits per heavy atom. The van der Waals surface area contributed by atoms with Crippen LogP contribution in [0.4, 0.5) is 0 Å². The molecule has 2 aromatic heterocycles. The summed E-state index contributed by atoms with van der Waals surface area (Å²) in [5, 5.41) is 9.30. The number of rotatable bonds is 6. The second-order valence-corrected chi connectivity index (χ2v) is 8.26. The van der Waals surface area contributed by atoms with E-state index in [9.17, 15) is 4.79 Å². The second-order valence-electron chi connectivity index (χ2n) is 6.32. The minimum absolute atomic E-state index is 0.00384. The predicted molar refractivity (Wildman–Crippen MR) is 95.6 cm³/mol. The van der Waals surface area contributed by atoms with Gasteiger partial charge in [-0.3, -0.25) is 4.79 Å². The molecule has 124 valence electrons. The van der Waals surface area contributed by atoms with Gasteiger partial charge in [0, 0.05) is 17.4 Å². The summed E-state index contributed by atoms with van der Waals surface area (Å²) >= 11 is 3.21. The van der Waals surface area contributed by atoms with Crippen molar-refractivity contribution in [3.8, 4) is 10.6 Å². The molecule has 0 atom stereocenters. The fourth-order valence-electron chi connectivity index (χ4n) is 2.99. The lowest BCUT2D eigenvalue weighted by molar-refractivity contribution is -0.120. The number of nitrogens with one attached hydrogen (secondary N) is 1. The molecule has 1 fully saturated rings. The van der Waals surface area contributed by atoms with Crippen LogP contribution in [0.25, 0.3) is 10.6 Å². The fourth-order valence-corrected chi connectivity index (χ4v) is 4.37. The Morgan fingerprint density at radius 2 is 2.26 bits per heavy atom. The first kappa shape index (κ1) is 16.6. The second kappa shape index (κ2) is 7.53. The van der Waals surface area contributed by atoms with Gasteiger partial charge in [0.2, 0.25) is 5.91 Å². The van der Waals surface area contributed by atoms with Crippen LogP contribution in [-0.2, 0) is 10.5 Å². The lowest BCUT2D eigenvalue weighted by Crippen LogP contribution is -2.47. The van der Waals surface area contributed by atoms with Crippen LogP contribution in [-0.4, -0.2) is 22.4 Å². The van der Waals surface area contributed by atoms with Crippen molar-refractivity contribution < 1.29 is 9.32 Å². The Balaban J connectivity index is 1.43. The van der Waals surface area contributed by atoms with E-state index < -0.39 is 0 Å². The van der Waals surface area contributed by atoms with Crippen LogP contribution in [0.5, 0.6) is 0 Å². The quantitative estimate of drug-likeness (QED) is 0.835. The van der Waals surface area contributed by atoms with Crippen LogP contribution in [0.2, 0.25) is 0 Å². The first-order valence-corrected chi connectivity index (χ1v) is 10.1. The molecule has 23 heavy (non-hydrogen) atoms. The van der Waals surface area contributed by atoms with Crippen LogP contribution in [0, 0.1) is 0 Å². The number of carbonyl (C=O) groups is 1. The van der Waals surface area contributed by atoms with E-state index in [0.717, 1.165) is 29.2 Å². The molecule has 2 heterocycles. The highest BCUT2D eigenvalue weighted by Crippen LogP contribution is 2.28. The van der Waals surface area contributed by atoms with Crippen LogP contribution in [0.15, 0.2) is 28.1 Å². The highest BCUT2D eigenvalue weighted by Gasteiger charge is 2.28. The molecule has 0 unspecified atom stereocenters. The number of nitrogens with zero attached hydrogens (tertiary/aromatic N) is 1. The summed E-state index contributed by atoms with van der Waals surface area (Å²) < 4.78 is 5.35. The summed E-state index contributed by atoms with van der Waals surface area (Å²) in [6, 6.07) is 5.97. The largest absolute Gasteiger partial charge is 0.355 e. The maximum absolute atomic E-state index is 12.1. The third-order valence-electron chi connectivity index (χ3n) is 4.20. The van der Waals surface area contributed by atoms with Gasteiger partial charge in [0.15, 0.2) is 5.76 Å². The molecule has 0 bridgehead atoms. The summed E-state index contributed by atoms with van der Waals surface area (Å²) in [5.41, 5.74) is 0.880. The van der Waals surface area contributed by atoms with E-state index in [1.807, 2.05) is 23.6 Å². The molecule has 1 amide bonds. The summed E-state index contributed by atoms with van der Waals surface area (Å²) in [6.07, 6.45) is 5.91. The van der Waals surface area contributed by atoms with E-state index in [2.05, 4.69) is 17.4 Å². The minimum Gasteiger partial charge on any atom is -0.355 e. The highest BCUT2D eigenvalue weighted by molar-refractivity contribution is 7.99. The van der Waals surface area contributed by atoms with Gasteiger partial charge in [-0.1, -0.05) is 30.5 Å². The zero-order valence-corrected chi connectivity index (χ0v) is 15.0. The van der Waals surface area contributed by atoms with Crippen molar-refractivity contribution in [3.05, 3.63) is 29.3 Å². The fraction of sp³-hybridized carbons (Fsp3) is 0.529. The zero-order valence-electron chi connectivity index (χ0n) is 13.3. The first-order valence-electron chi connectivity index (χ1n) is 8.03. The molecule has 1 aliphatic rings. The van der Waals surface area contributed by atoms with E-state index in [0.29, 0.717) is 11.5 Å². The molecule has 0 saturated heterocycles. The molecule has 3 rings (SSSR count). The molecule has 6 heteroatoms. The van der Waals surface area contributed by atoms with Crippen molar-refractivity contribution in [2.75, 3.05) is 5.75 Å². The maximum Gasteiger partial charge on any atom is 0.230 e. The number of thioether (sulfide) groups is 1. The van der Waals surface area contributed by atoms with Gasteiger partial charge in [0.1, 0.15) is 0 Å². The van der Waals surface area contributed by atoms with E-state index >= 15 is 0 Å². The standard InChI is InChI=1S/C17H22N2O2S2/c1-17(7-3-2-4-8-17)18-16(20)12-22-11-13-10-14(21-19-13)15-6-5-9-23-15/h5-6,9-10H,2-4,7-8,11-12H2,1H3,(H,18,20).